The third kappa shape index (κ3) is 7.08. The molecule has 0 radical (unpaired) electrons. The van der Waals surface area contributed by atoms with Crippen LogP contribution < -0.4 is 0 Å². The van der Waals surface area contributed by atoms with Crippen molar-refractivity contribution >= 4 is 37.2 Å². The molecule has 0 aliphatic carbocycles. The molecule has 0 heterocycles. The predicted molar refractivity (Wildman–Crippen MR) is 59.3 cm³/mol. The zero-order valence-electron chi connectivity index (χ0n) is 7.59. The zero-order chi connectivity index (χ0) is 11.1. The second kappa shape index (κ2) is 7.00. The molecule has 0 spiro atoms. The fourth-order valence-electron chi connectivity index (χ4n) is 0.908. The molecule has 0 bridgehead atoms. The highest BCUT2D eigenvalue weighted by molar-refractivity contribution is 7.81. The average Bonchev–Trinajstić information content (AvgIpc) is 2.10. The van der Waals surface area contributed by atoms with Crippen LogP contribution in [0, 0.1) is 0 Å². The number of aliphatic carboxylic acids is 2. The van der Waals surface area contributed by atoms with Crippen molar-refractivity contribution < 1.29 is 19.8 Å². The number of carboxylic acids is 2. The fraction of sp³-hybridized carbons (Fsp3) is 0.750. The van der Waals surface area contributed by atoms with E-state index in [4.69, 9.17) is 10.2 Å². The second-order valence-corrected chi connectivity index (χ2v) is 4.37. The van der Waals surface area contributed by atoms with Crippen molar-refractivity contribution in [3.05, 3.63) is 0 Å². The van der Waals surface area contributed by atoms with Gasteiger partial charge in [-0.3, -0.25) is 9.59 Å². The van der Waals surface area contributed by atoms with E-state index < -0.39 is 17.2 Å². The molecule has 0 saturated heterocycles. The van der Waals surface area contributed by atoms with E-state index in [2.05, 4.69) is 25.3 Å². The first kappa shape index (κ1) is 13.6. The molecule has 0 aromatic carbocycles. The molecule has 0 fully saturated rings. The van der Waals surface area contributed by atoms with Gasteiger partial charge in [0.15, 0.2) is 0 Å². The van der Waals surface area contributed by atoms with Crippen LogP contribution >= 0.6 is 25.3 Å². The van der Waals surface area contributed by atoms with E-state index in [9.17, 15) is 9.59 Å². The van der Waals surface area contributed by atoms with Crippen LogP contribution in [-0.2, 0) is 9.59 Å². The Kier molecular flexibility index (Phi) is 6.82. The van der Waals surface area contributed by atoms with Gasteiger partial charge in [-0.15, -0.1) is 0 Å². The summed E-state index contributed by atoms with van der Waals surface area (Å²) in [6.07, 6.45) is 1.50. The first-order valence-corrected chi connectivity index (χ1v) is 5.27. The van der Waals surface area contributed by atoms with E-state index in [-0.39, 0.29) is 11.7 Å². The lowest BCUT2D eigenvalue weighted by Gasteiger charge is -2.10. The van der Waals surface area contributed by atoms with Crippen molar-refractivity contribution in [1.82, 2.24) is 0 Å². The lowest BCUT2D eigenvalue weighted by molar-refractivity contribution is -0.138. The van der Waals surface area contributed by atoms with Gasteiger partial charge >= 0.3 is 11.9 Å². The first-order valence-electron chi connectivity index (χ1n) is 4.24. The molecule has 0 rings (SSSR count). The number of rotatable bonds is 7. The molecule has 0 aromatic rings. The van der Waals surface area contributed by atoms with Crippen LogP contribution in [0.15, 0.2) is 0 Å². The maximum Gasteiger partial charge on any atom is 0.316 e. The van der Waals surface area contributed by atoms with Gasteiger partial charge in [0.05, 0.1) is 5.25 Å². The first-order chi connectivity index (χ1) is 6.43. The number of hydrogen-bond acceptors (Lipinski definition) is 4. The minimum atomic E-state index is -0.952. The molecular weight excluding hydrogens is 224 g/mol. The van der Waals surface area contributed by atoms with Crippen LogP contribution in [0.2, 0.25) is 0 Å². The minimum absolute atomic E-state index is 0.0679. The summed E-state index contributed by atoms with van der Waals surface area (Å²) in [5, 5.41) is 16.1. The Labute approximate surface area is 93.5 Å². The molecule has 0 aromatic heterocycles. The molecule has 0 aliphatic rings. The Morgan fingerprint density at radius 1 is 1.07 bits per heavy atom. The Bertz CT molecular complexity index is 208. The van der Waals surface area contributed by atoms with E-state index in [1.807, 2.05) is 0 Å². The predicted octanol–water partition coefficient (Wildman–Crippen LogP) is 1.31. The van der Waals surface area contributed by atoms with Crippen molar-refractivity contribution in [3.63, 3.8) is 0 Å². The largest absolute Gasteiger partial charge is 0.481 e. The molecule has 2 unspecified atom stereocenters. The third-order valence-corrected chi connectivity index (χ3v) is 2.75. The topological polar surface area (TPSA) is 74.6 Å². The van der Waals surface area contributed by atoms with Gasteiger partial charge in [-0.05, 0) is 19.3 Å². The standard InChI is InChI=1S/C8H14O4S2/c9-7(10)4-2-5(13)1-3-6(14)8(11)12/h5-6,13-14H,1-4H2,(H,9,10)(H,11,12). The van der Waals surface area contributed by atoms with Crippen LogP contribution in [0.25, 0.3) is 0 Å². The third-order valence-electron chi connectivity index (χ3n) is 1.75. The molecule has 4 nitrogen and oxygen atoms in total. The van der Waals surface area contributed by atoms with Gasteiger partial charge in [-0.2, -0.15) is 25.3 Å². The highest BCUT2D eigenvalue weighted by atomic mass is 32.1. The van der Waals surface area contributed by atoms with Gasteiger partial charge in [0.2, 0.25) is 0 Å². The average molecular weight is 238 g/mol. The summed E-state index contributed by atoms with van der Waals surface area (Å²) in [6.45, 7) is 0. The SMILES string of the molecule is O=C(O)CCC(S)CCC(S)C(=O)O. The van der Waals surface area contributed by atoms with Gasteiger partial charge in [0.25, 0.3) is 0 Å². The van der Waals surface area contributed by atoms with Crippen molar-refractivity contribution in [2.45, 2.75) is 36.2 Å². The van der Waals surface area contributed by atoms with E-state index in [1.54, 1.807) is 0 Å². The van der Waals surface area contributed by atoms with Gasteiger partial charge in [-0.25, -0.2) is 0 Å². The summed E-state index contributed by atoms with van der Waals surface area (Å²) in [6, 6.07) is 0. The monoisotopic (exact) mass is 238 g/mol. The summed E-state index contributed by atoms with van der Waals surface area (Å²) in [7, 11) is 0. The molecule has 0 saturated carbocycles. The maximum atomic E-state index is 10.4. The molecule has 14 heavy (non-hydrogen) atoms. The molecule has 6 heteroatoms. The Hall–Kier alpha value is -0.360. The number of hydrogen-bond donors (Lipinski definition) is 4. The van der Waals surface area contributed by atoms with Gasteiger partial charge in [-0.1, -0.05) is 0 Å². The van der Waals surface area contributed by atoms with Crippen molar-refractivity contribution in [3.8, 4) is 0 Å². The Morgan fingerprint density at radius 3 is 2.07 bits per heavy atom. The van der Waals surface area contributed by atoms with Crippen molar-refractivity contribution in [1.29, 1.82) is 0 Å². The molecular formula is C8H14O4S2. The zero-order valence-corrected chi connectivity index (χ0v) is 9.38. The molecule has 82 valence electrons. The lowest BCUT2D eigenvalue weighted by atomic mass is 10.1. The Balaban J connectivity index is 3.58. The highest BCUT2D eigenvalue weighted by Gasteiger charge is 2.14. The fourth-order valence-corrected chi connectivity index (χ4v) is 1.34. The van der Waals surface area contributed by atoms with Crippen molar-refractivity contribution in [2.75, 3.05) is 0 Å². The highest BCUT2D eigenvalue weighted by Crippen LogP contribution is 2.15. The second-order valence-electron chi connectivity index (χ2n) is 3.02. The van der Waals surface area contributed by atoms with E-state index in [0.717, 1.165) is 0 Å². The van der Waals surface area contributed by atoms with E-state index in [1.165, 1.54) is 0 Å². The minimum Gasteiger partial charge on any atom is -0.481 e. The number of carbonyl (C=O) groups is 2. The van der Waals surface area contributed by atoms with Crippen LogP contribution in [-0.4, -0.2) is 32.7 Å². The number of thiol groups is 2. The molecule has 0 amide bonds. The van der Waals surface area contributed by atoms with Crippen LogP contribution in [0.1, 0.15) is 25.7 Å². The lowest BCUT2D eigenvalue weighted by Crippen LogP contribution is -2.15. The van der Waals surface area contributed by atoms with E-state index in [0.29, 0.717) is 19.3 Å². The van der Waals surface area contributed by atoms with Gasteiger partial charge in [0, 0.05) is 11.7 Å². The molecule has 2 N–H and O–H groups in total. The van der Waals surface area contributed by atoms with E-state index >= 15 is 0 Å². The maximum absolute atomic E-state index is 10.4. The van der Waals surface area contributed by atoms with Gasteiger partial charge in [0.1, 0.15) is 0 Å². The van der Waals surface area contributed by atoms with Crippen molar-refractivity contribution in [2.24, 2.45) is 0 Å². The van der Waals surface area contributed by atoms with Crippen LogP contribution in [0.3, 0.4) is 0 Å². The molecule has 0 aliphatic heterocycles. The summed E-state index contributed by atoms with van der Waals surface area (Å²) in [5.74, 6) is -1.81. The summed E-state index contributed by atoms with van der Waals surface area (Å²) < 4.78 is 0. The summed E-state index contributed by atoms with van der Waals surface area (Å²) in [4.78, 5) is 20.6. The Morgan fingerprint density at radius 2 is 1.64 bits per heavy atom. The van der Waals surface area contributed by atoms with Crippen LogP contribution in [0.5, 0.6) is 0 Å². The normalized spacial score (nSPS) is 14.7. The van der Waals surface area contributed by atoms with Crippen LogP contribution in [0.4, 0.5) is 0 Å². The summed E-state index contributed by atoms with van der Waals surface area (Å²) in [5.41, 5.74) is 0. The summed E-state index contributed by atoms with van der Waals surface area (Å²) >= 11 is 8.02. The smallest absolute Gasteiger partial charge is 0.316 e. The quantitative estimate of drug-likeness (QED) is 0.505. The molecule has 2 atom stereocenters. The number of carboxylic acid groups (broad SMARTS) is 2. The van der Waals surface area contributed by atoms with Gasteiger partial charge < -0.3 is 10.2 Å².